The van der Waals surface area contributed by atoms with Gasteiger partial charge in [0.2, 0.25) is 0 Å². The lowest BCUT2D eigenvalue weighted by molar-refractivity contribution is -0.123. The number of benzene rings is 1. The van der Waals surface area contributed by atoms with E-state index in [1.165, 1.54) is 11.3 Å². The molecule has 25 heavy (non-hydrogen) atoms. The number of nitrogens with one attached hydrogen (secondary N) is 1. The van der Waals surface area contributed by atoms with Crippen LogP contribution in [0.15, 0.2) is 53.2 Å². The zero-order valence-electron chi connectivity index (χ0n) is 13.8. The molecule has 0 bridgehead atoms. The van der Waals surface area contributed by atoms with Crippen LogP contribution in [-0.2, 0) is 11.3 Å². The predicted octanol–water partition coefficient (Wildman–Crippen LogP) is 3.89. The molecule has 1 aromatic carbocycles. The van der Waals surface area contributed by atoms with Crippen LogP contribution in [0.5, 0.6) is 5.75 Å². The van der Waals surface area contributed by atoms with Crippen molar-refractivity contribution >= 4 is 28.6 Å². The minimum Gasteiger partial charge on any atom is -0.484 e. The minimum absolute atomic E-state index is 0.0151. The molecule has 4 nitrogen and oxygen atoms in total. The molecule has 0 aliphatic heterocycles. The molecule has 0 spiro atoms. The van der Waals surface area contributed by atoms with Gasteiger partial charge in [0.1, 0.15) is 11.9 Å². The Balaban J connectivity index is 1.47. The maximum absolute atomic E-state index is 11.9. The molecule has 0 aliphatic carbocycles. The molecule has 0 radical (unpaired) electrons. The Labute approximate surface area is 154 Å². The average Bonchev–Trinajstić information content (AvgIpc) is 3.30. The van der Waals surface area contributed by atoms with Gasteiger partial charge in [0, 0.05) is 9.75 Å². The molecule has 3 aromatic rings. The third-order valence-corrected chi connectivity index (χ3v) is 5.50. The molecule has 1 atom stereocenters. The molecule has 130 valence electrons. The van der Waals surface area contributed by atoms with Gasteiger partial charge in [-0.15, -0.1) is 11.3 Å². The first kappa shape index (κ1) is 17.7. The number of carbonyl (C=O) groups is 1. The monoisotopic (exact) mass is 373 g/mol. The zero-order chi connectivity index (χ0) is 17.6. The van der Waals surface area contributed by atoms with Crippen LogP contribution in [0.4, 0.5) is 0 Å². The molecule has 2 N–H and O–H groups in total. The van der Waals surface area contributed by atoms with E-state index in [0.717, 1.165) is 20.9 Å². The van der Waals surface area contributed by atoms with Crippen LogP contribution in [0.2, 0.25) is 0 Å². The molecular weight excluding hydrogens is 354 g/mol. The van der Waals surface area contributed by atoms with E-state index in [0.29, 0.717) is 12.3 Å². The second-order valence-corrected chi connectivity index (χ2v) is 7.62. The summed E-state index contributed by atoms with van der Waals surface area (Å²) >= 11 is 3.06. The van der Waals surface area contributed by atoms with E-state index in [1.807, 2.05) is 60.1 Å². The van der Waals surface area contributed by atoms with Gasteiger partial charge >= 0.3 is 0 Å². The highest BCUT2D eigenvalue weighted by molar-refractivity contribution is 7.12. The van der Waals surface area contributed by atoms with Gasteiger partial charge in [0.15, 0.2) is 6.61 Å². The van der Waals surface area contributed by atoms with Crippen molar-refractivity contribution in [2.24, 2.45) is 0 Å². The standard InChI is InChI=1S/C19H19NO3S2/c1-13-2-4-15(5-3-13)23-11-18(21)20-10-16-6-7-17(25-16)19(22)14-8-9-24-12-14/h2-9,12,19,22H,10-11H2,1H3,(H,20,21). The summed E-state index contributed by atoms with van der Waals surface area (Å²) in [7, 11) is 0. The van der Waals surface area contributed by atoms with Crippen LogP contribution < -0.4 is 10.1 Å². The van der Waals surface area contributed by atoms with Gasteiger partial charge in [-0.05, 0) is 53.6 Å². The molecule has 3 rings (SSSR count). The van der Waals surface area contributed by atoms with Crippen molar-refractivity contribution in [1.29, 1.82) is 0 Å². The first-order chi connectivity index (χ1) is 12.1. The van der Waals surface area contributed by atoms with Crippen LogP contribution in [-0.4, -0.2) is 17.6 Å². The summed E-state index contributed by atoms with van der Waals surface area (Å²) in [6.07, 6.45) is -0.606. The van der Waals surface area contributed by atoms with Crippen molar-refractivity contribution < 1.29 is 14.6 Å². The quantitative estimate of drug-likeness (QED) is 0.660. The molecule has 0 fully saturated rings. The summed E-state index contributed by atoms with van der Waals surface area (Å²) in [4.78, 5) is 13.8. The summed E-state index contributed by atoms with van der Waals surface area (Å²) in [6, 6.07) is 13.3. The third-order valence-electron chi connectivity index (χ3n) is 3.66. The maximum Gasteiger partial charge on any atom is 0.258 e. The SMILES string of the molecule is Cc1ccc(OCC(=O)NCc2ccc(C(O)c3ccsc3)s2)cc1. The largest absolute Gasteiger partial charge is 0.484 e. The van der Waals surface area contributed by atoms with Crippen molar-refractivity contribution in [1.82, 2.24) is 5.32 Å². The normalized spacial score (nSPS) is 11.9. The lowest BCUT2D eigenvalue weighted by Gasteiger charge is -2.07. The van der Waals surface area contributed by atoms with E-state index >= 15 is 0 Å². The fourth-order valence-corrected chi connectivity index (χ4v) is 3.90. The summed E-state index contributed by atoms with van der Waals surface area (Å²) in [5.74, 6) is 0.506. The van der Waals surface area contributed by atoms with Gasteiger partial charge in [-0.3, -0.25) is 4.79 Å². The zero-order valence-corrected chi connectivity index (χ0v) is 15.4. The highest BCUT2D eigenvalue weighted by atomic mass is 32.1. The average molecular weight is 373 g/mol. The molecule has 1 amide bonds. The van der Waals surface area contributed by atoms with Crippen LogP contribution in [0.25, 0.3) is 0 Å². The number of hydrogen-bond acceptors (Lipinski definition) is 5. The fraction of sp³-hybridized carbons (Fsp3) is 0.211. The minimum atomic E-state index is -0.606. The fourth-order valence-electron chi connectivity index (χ4n) is 2.25. The molecule has 2 aromatic heterocycles. The van der Waals surface area contributed by atoms with Gasteiger partial charge in [-0.25, -0.2) is 0 Å². The second-order valence-electron chi connectivity index (χ2n) is 5.64. The Bertz CT molecular complexity index is 810. The summed E-state index contributed by atoms with van der Waals surface area (Å²) in [5, 5.41) is 17.0. The molecule has 2 heterocycles. The number of carbonyl (C=O) groups excluding carboxylic acids is 1. The highest BCUT2D eigenvalue weighted by Gasteiger charge is 2.13. The Morgan fingerprint density at radius 3 is 2.72 bits per heavy atom. The summed E-state index contributed by atoms with van der Waals surface area (Å²) in [5.41, 5.74) is 2.05. The van der Waals surface area contributed by atoms with Crippen molar-refractivity contribution in [3.63, 3.8) is 0 Å². The second kappa shape index (κ2) is 8.29. The Kier molecular flexibility index (Phi) is 5.86. The number of ether oxygens (including phenoxy) is 1. The lowest BCUT2D eigenvalue weighted by Crippen LogP contribution is -2.28. The van der Waals surface area contributed by atoms with Crippen LogP contribution in [0.1, 0.15) is 27.0 Å². The molecule has 6 heteroatoms. The van der Waals surface area contributed by atoms with Crippen LogP contribution >= 0.6 is 22.7 Å². The molecule has 0 saturated carbocycles. The third kappa shape index (κ3) is 4.92. The number of aliphatic hydroxyl groups is 1. The van der Waals surface area contributed by atoms with Crippen molar-refractivity contribution in [2.75, 3.05) is 6.61 Å². The number of amides is 1. The first-order valence-corrected chi connectivity index (χ1v) is 9.62. The van der Waals surface area contributed by atoms with Gasteiger partial charge in [-0.1, -0.05) is 17.7 Å². The summed E-state index contributed by atoms with van der Waals surface area (Å²) < 4.78 is 5.46. The number of aliphatic hydroxyl groups excluding tert-OH is 1. The van der Waals surface area contributed by atoms with E-state index in [-0.39, 0.29) is 12.5 Å². The van der Waals surface area contributed by atoms with Crippen LogP contribution in [0, 0.1) is 6.92 Å². The van der Waals surface area contributed by atoms with Crippen LogP contribution in [0.3, 0.4) is 0 Å². The van der Waals surface area contributed by atoms with Crippen molar-refractivity contribution in [2.45, 2.75) is 19.6 Å². The van der Waals surface area contributed by atoms with Gasteiger partial charge in [-0.2, -0.15) is 11.3 Å². The van der Waals surface area contributed by atoms with E-state index in [9.17, 15) is 9.90 Å². The molecule has 0 saturated heterocycles. The number of rotatable bonds is 7. The Hall–Kier alpha value is -2.15. The van der Waals surface area contributed by atoms with E-state index in [1.54, 1.807) is 11.3 Å². The smallest absolute Gasteiger partial charge is 0.258 e. The van der Waals surface area contributed by atoms with Crippen molar-refractivity contribution in [3.05, 3.63) is 74.1 Å². The molecular formula is C19H19NO3S2. The van der Waals surface area contributed by atoms with Crippen molar-refractivity contribution in [3.8, 4) is 5.75 Å². The topological polar surface area (TPSA) is 58.6 Å². The van der Waals surface area contributed by atoms with E-state index in [4.69, 9.17) is 4.74 Å². The number of aryl methyl sites for hydroxylation is 1. The first-order valence-electron chi connectivity index (χ1n) is 7.87. The lowest BCUT2D eigenvalue weighted by atomic mass is 10.2. The van der Waals surface area contributed by atoms with Gasteiger partial charge in [0.05, 0.1) is 6.54 Å². The van der Waals surface area contributed by atoms with E-state index < -0.39 is 6.10 Å². The predicted molar refractivity (Wildman–Crippen MR) is 101 cm³/mol. The van der Waals surface area contributed by atoms with Gasteiger partial charge in [0.25, 0.3) is 5.91 Å². The molecule has 1 unspecified atom stereocenters. The Morgan fingerprint density at radius 2 is 2.00 bits per heavy atom. The van der Waals surface area contributed by atoms with Gasteiger partial charge < -0.3 is 15.2 Å². The number of thiophene rings is 2. The number of hydrogen-bond donors (Lipinski definition) is 2. The summed E-state index contributed by atoms with van der Waals surface area (Å²) in [6.45, 7) is 2.41. The maximum atomic E-state index is 11.9. The highest BCUT2D eigenvalue weighted by Crippen LogP contribution is 2.29. The molecule has 0 aliphatic rings. The Morgan fingerprint density at radius 1 is 1.20 bits per heavy atom. The van der Waals surface area contributed by atoms with E-state index in [2.05, 4.69) is 5.32 Å².